The largest absolute Gasteiger partial charge is 0.383 e. The molecular weight excluding hydrogens is 307 g/mol. The summed E-state index contributed by atoms with van der Waals surface area (Å²) in [5.74, 6) is 0.564. The van der Waals surface area contributed by atoms with Gasteiger partial charge >= 0.3 is 0 Å². The first-order valence-electron chi connectivity index (χ1n) is 8.46. The average molecular weight is 338 g/mol. The summed E-state index contributed by atoms with van der Waals surface area (Å²) >= 11 is 0. The molecule has 0 spiro atoms. The number of hydrogen-bond acceptors (Lipinski definition) is 3. The van der Waals surface area contributed by atoms with Crippen molar-refractivity contribution in [2.24, 2.45) is 4.99 Å². The Morgan fingerprint density at radius 2 is 2.12 bits per heavy atom. The number of rotatable bonds is 9. The van der Waals surface area contributed by atoms with Gasteiger partial charge in [-0.05, 0) is 45.0 Å². The standard InChI is InChI=1S/C18H31FN4O/c1-6-20-18(21-9-10-23(4)11-12-24-5)22-15(3)16-8-7-14(2)17(19)13-16/h7-8,13,15H,6,9-12H2,1-5H3,(H2,20,21,22). The molecule has 0 aromatic heterocycles. The second kappa shape index (κ2) is 11.0. The summed E-state index contributed by atoms with van der Waals surface area (Å²) in [5.41, 5.74) is 1.56. The summed E-state index contributed by atoms with van der Waals surface area (Å²) in [6, 6.07) is 5.30. The van der Waals surface area contributed by atoms with Gasteiger partial charge in [-0.1, -0.05) is 12.1 Å². The lowest BCUT2D eigenvalue weighted by molar-refractivity contribution is 0.163. The SMILES string of the molecule is CCNC(=NCCN(C)CCOC)NC(C)c1ccc(C)c(F)c1. The van der Waals surface area contributed by atoms with Gasteiger partial charge in [-0.25, -0.2) is 4.39 Å². The van der Waals surface area contributed by atoms with Crippen molar-refractivity contribution in [2.45, 2.75) is 26.8 Å². The van der Waals surface area contributed by atoms with Gasteiger partial charge in [0.15, 0.2) is 5.96 Å². The maximum absolute atomic E-state index is 13.7. The van der Waals surface area contributed by atoms with Gasteiger partial charge in [0.2, 0.25) is 0 Å². The predicted octanol–water partition coefficient (Wildman–Crippen LogP) is 2.33. The number of halogens is 1. The van der Waals surface area contributed by atoms with Gasteiger partial charge in [-0.2, -0.15) is 0 Å². The summed E-state index contributed by atoms with van der Waals surface area (Å²) < 4.78 is 18.8. The van der Waals surface area contributed by atoms with Gasteiger partial charge in [0.1, 0.15) is 5.82 Å². The molecular formula is C18H31FN4O. The van der Waals surface area contributed by atoms with E-state index in [0.29, 0.717) is 18.7 Å². The van der Waals surface area contributed by atoms with Crippen molar-refractivity contribution in [3.63, 3.8) is 0 Å². The van der Waals surface area contributed by atoms with E-state index in [1.54, 1.807) is 26.2 Å². The van der Waals surface area contributed by atoms with Crippen molar-refractivity contribution in [3.05, 3.63) is 35.1 Å². The lowest BCUT2D eigenvalue weighted by Crippen LogP contribution is -2.39. The highest BCUT2D eigenvalue weighted by molar-refractivity contribution is 5.80. The molecule has 0 amide bonds. The Labute approximate surface area is 145 Å². The van der Waals surface area contributed by atoms with Crippen molar-refractivity contribution >= 4 is 5.96 Å². The zero-order valence-electron chi connectivity index (χ0n) is 15.5. The van der Waals surface area contributed by atoms with E-state index in [-0.39, 0.29) is 11.9 Å². The third-order valence-corrected chi connectivity index (χ3v) is 3.82. The van der Waals surface area contributed by atoms with Gasteiger partial charge in [0.25, 0.3) is 0 Å². The van der Waals surface area contributed by atoms with Crippen LogP contribution < -0.4 is 10.6 Å². The Kier molecular flexibility index (Phi) is 9.34. The Balaban J connectivity index is 2.60. The van der Waals surface area contributed by atoms with Crippen LogP contribution in [0.3, 0.4) is 0 Å². The van der Waals surface area contributed by atoms with Crippen molar-refractivity contribution in [2.75, 3.05) is 46.9 Å². The third kappa shape index (κ3) is 7.27. The van der Waals surface area contributed by atoms with E-state index in [2.05, 4.69) is 20.5 Å². The first-order valence-corrected chi connectivity index (χ1v) is 8.46. The molecule has 0 saturated heterocycles. The van der Waals surface area contributed by atoms with Crippen LogP contribution in [-0.2, 0) is 4.74 Å². The lowest BCUT2D eigenvalue weighted by Gasteiger charge is -2.19. The van der Waals surface area contributed by atoms with Crippen LogP contribution in [-0.4, -0.2) is 57.8 Å². The molecule has 1 aromatic carbocycles. The molecule has 0 aliphatic carbocycles. The first kappa shape index (κ1) is 20.4. The van der Waals surface area contributed by atoms with E-state index in [1.807, 2.05) is 27.0 Å². The Morgan fingerprint density at radius 1 is 1.38 bits per heavy atom. The smallest absolute Gasteiger partial charge is 0.191 e. The van der Waals surface area contributed by atoms with Crippen LogP contribution in [0, 0.1) is 12.7 Å². The van der Waals surface area contributed by atoms with Crippen LogP contribution in [0.2, 0.25) is 0 Å². The minimum absolute atomic E-state index is 0.0240. The second-order valence-electron chi connectivity index (χ2n) is 5.93. The van der Waals surface area contributed by atoms with Crippen LogP contribution in [0.25, 0.3) is 0 Å². The first-order chi connectivity index (χ1) is 11.5. The predicted molar refractivity (Wildman–Crippen MR) is 98.0 cm³/mol. The molecule has 2 N–H and O–H groups in total. The van der Waals surface area contributed by atoms with E-state index in [0.717, 1.165) is 31.2 Å². The summed E-state index contributed by atoms with van der Waals surface area (Å²) in [6.45, 7) is 9.71. The summed E-state index contributed by atoms with van der Waals surface area (Å²) in [6.07, 6.45) is 0. The summed E-state index contributed by atoms with van der Waals surface area (Å²) in [5, 5.41) is 6.55. The quantitative estimate of drug-likeness (QED) is 0.536. The molecule has 6 heteroatoms. The van der Waals surface area contributed by atoms with Crippen molar-refractivity contribution < 1.29 is 9.13 Å². The molecule has 0 fully saturated rings. The topological polar surface area (TPSA) is 48.9 Å². The van der Waals surface area contributed by atoms with Crippen LogP contribution in [0.1, 0.15) is 31.0 Å². The molecule has 0 heterocycles. The maximum atomic E-state index is 13.7. The second-order valence-corrected chi connectivity index (χ2v) is 5.93. The zero-order chi connectivity index (χ0) is 17.9. The molecule has 1 aromatic rings. The van der Waals surface area contributed by atoms with Gasteiger partial charge in [0.05, 0.1) is 19.2 Å². The fourth-order valence-corrected chi connectivity index (χ4v) is 2.18. The van der Waals surface area contributed by atoms with Gasteiger partial charge < -0.3 is 20.3 Å². The Bertz CT molecular complexity index is 522. The van der Waals surface area contributed by atoms with E-state index in [9.17, 15) is 4.39 Å². The fraction of sp³-hybridized carbons (Fsp3) is 0.611. The van der Waals surface area contributed by atoms with Crippen molar-refractivity contribution in [1.82, 2.24) is 15.5 Å². The minimum Gasteiger partial charge on any atom is -0.383 e. The monoisotopic (exact) mass is 338 g/mol. The summed E-state index contributed by atoms with van der Waals surface area (Å²) in [7, 11) is 3.75. The number of aliphatic imine (C=N–C) groups is 1. The molecule has 1 unspecified atom stereocenters. The minimum atomic E-state index is -0.178. The number of hydrogen-bond donors (Lipinski definition) is 2. The Hall–Kier alpha value is -1.66. The highest BCUT2D eigenvalue weighted by Crippen LogP contribution is 2.16. The number of nitrogens with one attached hydrogen (secondary N) is 2. The maximum Gasteiger partial charge on any atom is 0.191 e. The van der Waals surface area contributed by atoms with Gasteiger partial charge in [0, 0.05) is 26.7 Å². The van der Waals surface area contributed by atoms with Crippen LogP contribution in [0.15, 0.2) is 23.2 Å². The van der Waals surface area contributed by atoms with E-state index in [4.69, 9.17) is 4.74 Å². The number of aryl methyl sites for hydroxylation is 1. The van der Waals surface area contributed by atoms with Gasteiger partial charge in [-0.15, -0.1) is 0 Å². The molecule has 0 bridgehead atoms. The number of nitrogens with zero attached hydrogens (tertiary/aromatic N) is 2. The number of methoxy groups -OCH3 is 1. The third-order valence-electron chi connectivity index (χ3n) is 3.82. The van der Waals surface area contributed by atoms with E-state index < -0.39 is 0 Å². The summed E-state index contributed by atoms with van der Waals surface area (Å²) in [4.78, 5) is 6.76. The van der Waals surface area contributed by atoms with Crippen LogP contribution >= 0.6 is 0 Å². The number of benzene rings is 1. The van der Waals surface area contributed by atoms with E-state index in [1.165, 1.54) is 0 Å². The van der Waals surface area contributed by atoms with Crippen LogP contribution in [0.4, 0.5) is 4.39 Å². The van der Waals surface area contributed by atoms with Gasteiger partial charge in [-0.3, -0.25) is 4.99 Å². The molecule has 136 valence electrons. The molecule has 0 radical (unpaired) electrons. The Morgan fingerprint density at radius 3 is 2.75 bits per heavy atom. The molecule has 0 aliphatic rings. The molecule has 1 rings (SSSR count). The lowest BCUT2D eigenvalue weighted by atomic mass is 10.1. The highest BCUT2D eigenvalue weighted by atomic mass is 19.1. The number of guanidine groups is 1. The fourth-order valence-electron chi connectivity index (χ4n) is 2.18. The zero-order valence-corrected chi connectivity index (χ0v) is 15.5. The molecule has 1 atom stereocenters. The van der Waals surface area contributed by atoms with E-state index >= 15 is 0 Å². The molecule has 24 heavy (non-hydrogen) atoms. The van der Waals surface area contributed by atoms with Crippen molar-refractivity contribution in [1.29, 1.82) is 0 Å². The molecule has 5 nitrogen and oxygen atoms in total. The normalized spacial score (nSPS) is 13.2. The molecule has 0 saturated carbocycles. The highest BCUT2D eigenvalue weighted by Gasteiger charge is 2.09. The number of ether oxygens (including phenoxy) is 1. The van der Waals surface area contributed by atoms with Crippen LogP contribution in [0.5, 0.6) is 0 Å². The number of likely N-dealkylation sites (N-methyl/N-ethyl adjacent to an activating group) is 1. The van der Waals surface area contributed by atoms with Crippen molar-refractivity contribution in [3.8, 4) is 0 Å². The average Bonchev–Trinajstić information content (AvgIpc) is 2.55. The molecule has 0 aliphatic heterocycles.